The molecule has 0 radical (unpaired) electrons. The zero-order chi connectivity index (χ0) is 18.4. The van der Waals surface area contributed by atoms with Crippen LogP contribution < -0.4 is 14.8 Å². The van der Waals surface area contributed by atoms with E-state index in [0.29, 0.717) is 17.5 Å². The summed E-state index contributed by atoms with van der Waals surface area (Å²) in [4.78, 5) is 11.1. The van der Waals surface area contributed by atoms with Gasteiger partial charge in [0, 0.05) is 5.56 Å². The molecule has 1 N–H and O–H groups in total. The van der Waals surface area contributed by atoms with E-state index in [-0.39, 0.29) is 5.91 Å². The van der Waals surface area contributed by atoms with Gasteiger partial charge in [-0.05, 0) is 42.8 Å². The van der Waals surface area contributed by atoms with Crippen molar-refractivity contribution in [3.8, 4) is 11.5 Å². The maximum Gasteiger partial charge on any atom is 0.236 e. The molecule has 26 heavy (non-hydrogen) atoms. The van der Waals surface area contributed by atoms with Gasteiger partial charge < -0.3 is 14.8 Å². The van der Waals surface area contributed by atoms with Crippen molar-refractivity contribution in [2.45, 2.75) is 13.5 Å². The number of hydrogen-bond acceptors (Lipinski definition) is 6. The number of methoxy groups -OCH3 is 1. The summed E-state index contributed by atoms with van der Waals surface area (Å²) in [5.74, 6) is 1.89. The third-order valence-corrected chi connectivity index (χ3v) is 4.53. The summed E-state index contributed by atoms with van der Waals surface area (Å²) in [6.07, 6.45) is 1.63. The summed E-state index contributed by atoms with van der Waals surface area (Å²) in [5.41, 5.74) is 2.96. The first-order valence-corrected chi connectivity index (χ1v) is 9.02. The Labute approximate surface area is 156 Å². The highest BCUT2D eigenvalue weighted by Gasteiger charge is 2.15. The first-order chi connectivity index (χ1) is 12.6. The third kappa shape index (κ3) is 4.86. The maximum absolute atomic E-state index is 11.1. The molecule has 0 unspecified atom stereocenters. The van der Waals surface area contributed by atoms with Gasteiger partial charge in [-0.3, -0.25) is 4.79 Å². The minimum atomic E-state index is -0.0519. The van der Waals surface area contributed by atoms with Gasteiger partial charge in [-0.25, -0.2) is 0 Å². The lowest BCUT2D eigenvalue weighted by molar-refractivity contribution is -0.116. The number of amides is 1. The van der Waals surface area contributed by atoms with Crippen LogP contribution in [0.25, 0.3) is 0 Å². The summed E-state index contributed by atoms with van der Waals surface area (Å²) in [7, 11) is 1.63. The third-order valence-electron chi connectivity index (χ3n) is 3.66. The van der Waals surface area contributed by atoms with Gasteiger partial charge in [-0.1, -0.05) is 29.5 Å². The Kier molecular flexibility index (Phi) is 5.91. The van der Waals surface area contributed by atoms with E-state index in [1.165, 1.54) is 17.3 Å². The molecule has 7 heteroatoms. The summed E-state index contributed by atoms with van der Waals surface area (Å²) >= 11 is 1.34. The standard InChI is InChI=1S/C19H19N3O3S/c1-13-3-6-16(7-4-13)25-11-15-9-14(5-8-17(15)24-2)10-20-22-19-21-18(23)12-26-19/h3-10H,11-12H2,1-2H3,(H,21,22,23). The Morgan fingerprint density at radius 1 is 1.23 bits per heavy atom. The zero-order valence-corrected chi connectivity index (χ0v) is 15.4. The number of rotatable bonds is 6. The molecular formula is C19H19N3O3S. The second-order valence-corrected chi connectivity index (χ2v) is 6.62. The second kappa shape index (κ2) is 8.53. The smallest absolute Gasteiger partial charge is 0.236 e. The number of carbonyl (C=O) groups is 1. The highest BCUT2D eigenvalue weighted by Crippen LogP contribution is 2.22. The molecule has 0 atom stereocenters. The number of aryl methyl sites for hydroxylation is 1. The van der Waals surface area contributed by atoms with E-state index >= 15 is 0 Å². The van der Waals surface area contributed by atoms with Gasteiger partial charge in [-0.15, -0.1) is 5.10 Å². The monoisotopic (exact) mass is 369 g/mol. The maximum atomic E-state index is 11.1. The van der Waals surface area contributed by atoms with E-state index in [0.717, 1.165) is 22.6 Å². The number of hydrogen-bond donors (Lipinski definition) is 1. The van der Waals surface area contributed by atoms with Crippen LogP contribution in [0.5, 0.6) is 11.5 Å². The molecular weight excluding hydrogens is 350 g/mol. The molecule has 1 heterocycles. The number of ether oxygens (including phenoxy) is 2. The Hall–Kier alpha value is -2.80. The van der Waals surface area contributed by atoms with Crippen LogP contribution in [0, 0.1) is 6.92 Å². The van der Waals surface area contributed by atoms with E-state index < -0.39 is 0 Å². The average Bonchev–Trinajstić information content (AvgIpc) is 3.06. The topological polar surface area (TPSA) is 72.3 Å². The summed E-state index contributed by atoms with van der Waals surface area (Å²) in [6, 6.07) is 13.6. The number of nitrogens with one attached hydrogen (secondary N) is 1. The van der Waals surface area contributed by atoms with Crippen LogP contribution in [-0.2, 0) is 11.4 Å². The molecule has 3 rings (SSSR count). The lowest BCUT2D eigenvalue weighted by Gasteiger charge is -2.11. The predicted octanol–water partition coefficient (Wildman–Crippen LogP) is 3.14. The van der Waals surface area contributed by atoms with Crippen LogP contribution in [0.1, 0.15) is 16.7 Å². The van der Waals surface area contributed by atoms with Gasteiger partial charge in [0.05, 0.1) is 19.1 Å². The minimum absolute atomic E-state index is 0.0519. The Bertz CT molecular complexity index is 848. The number of benzene rings is 2. The molecule has 1 aliphatic heterocycles. The van der Waals surface area contributed by atoms with Crippen LogP contribution in [0.15, 0.2) is 52.7 Å². The molecule has 2 aromatic rings. The van der Waals surface area contributed by atoms with Crippen molar-refractivity contribution in [3.05, 3.63) is 59.2 Å². The van der Waals surface area contributed by atoms with Crippen LogP contribution >= 0.6 is 11.8 Å². The fraction of sp³-hybridized carbons (Fsp3) is 0.211. The van der Waals surface area contributed by atoms with Crippen molar-refractivity contribution in [2.75, 3.05) is 12.9 Å². The lowest BCUT2D eigenvalue weighted by atomic mass is 10.1. The molecule has 1 saturated heterocycles. The fourth-order valence-corrected chi connectivity index (χ4v) is 2.95. The zero-order valence-electron chi connectivity index (χ0n) is 14.6. The quantitative estimate of drug-likeness (QED) is 0.627. The highest BCUT2D eigenvalue weighted by molar-refractivity contribution is 8.15. The van der Waals surface area contributed by atoms with Crippen LogP contribution in [0.2, 0.25) is 0 Å². The molecule has 0 aliphatic carbocycles. The van der Waals surface area contributed by atoms with Crippen LogP contribution in [-0.4, -0.2) is 30.2 Å². The molecule has 1 fully saturated rings. The Morgan fingerprint density at radius 3 is 2.73 bits per heavy atom. The largest absolute Gasteiger partial charge is 0.496 e. The molecule has 0 bridgehead atoms. The van der Waals surface area contributed by atoms with Gasteiger partial charge in [0.2, 0.25) is 5.91 Å². The van der Waals surface area contributed by atoms with Crippen molar-refractivity contribution < 1.29 is 14.3 Å². The van der Waals surface area contributed by atoms with Crippen molar-refractivity contribution in [1.82, 2.24) is 5.32 Å². The molecule has 1 amide bonds. The van der Waals surface area contributed by atoms with Crippen LogP contribution in [0.3, 0.4) is 0 Å². The van der Waals surface area contributed by atoms with E-state index in [2.05, 4.69) is 15.5 Å². The minimum Gasteiger partial charge on any atom is -0.496 e. The lowest BCUT2D eigenvalue weighted by Crippen LogP contribution is -2.19. The van der Waals surface area contributed by atoms with Crippen LogP contribution in [0.4, 0.5) is 0 Å². The molecule has 1 aliphatic rings. The molecule has 6 nitrogen and oxygen atoms in total. The van der Waals surface area contributed by atoms with Crippen molar-refractivity contribution in [3.63, 3.8) is 0 Å². The van der Waals surface area contributed by atoms with Crippen molar-refractivity contribution in [1.29, 1.82) is 0 Å². The Balaban J connectivity index is 1.69. The molecule has 134 valence electrons. The summed E-state index contributed by atoms with van der Waals surface area (Å²) in [5, 5.41) is 11.2. The van der Waals surface area contributed by atoms with Crippen molar-refractivity contribution >= 4 is 29.1 Å². The van der Waals surface area contributed by atoms with E-state index in [1.807, 2.05) is 49.4 Å². The molecule has 0 spiro atoms. The SMILES string of the molecule is COc1ccc(C=NN=C2NC(=O)CS2)cc1COc1ccc(C)cc1. The number of nitrogens with zero attached hydrogens (tertiary/aromatic N) is 2. The van der Waals surface area contributed by atoms with Gasteiger partial charge in [-0.2, -0.15) is 5.10 Å². The van der Waals surface area contributed by atoms with E-state index in [9.17, 15) is 4.79 Å². The molecule has 2 aromatic carbocycles. The normalized spacial score (nSPS) is 15.5. The number of amidine groups is 1. The second-order valence-electron chi connectivity index (χ2n) is 5.66. The average molecular weight is 369 g/mol. The Morgan fingerprint density at radius 2 is 2.04 bits per heavy atom. The summed E-state index contributed by atoms with van der Waals surface area (Å²) < 4.78 is 11.2. The number of thioether (sulfide) groups is 1. The number of carbonyl (C=O) groups excluding carboxylic acids is 1. The fourth-order valence-electron chi connectivity index (χ4n) is 2.31. The van der Waals surface area contributed by atoms with Crippen molar-refractivity contribution in [2.24, 2.45) is 10.2 Å². The summed E-state index contributed by atoms with van der Waals surface area (Å²) in [6.45, 7) is 2.42. The van der Waals surface area contributed by atoms with Gasteiger partial charge in [0.25, 0.3) is 0 Å². The molecule has 0 saturated carbocycles. The first kappa shape index (κ1) is 18.0. The van der Waals surface area contributed by atoms with E-state index in [1.54, 1.807) is 13.3 Å². The van der Waals surface area contributed by atoms with E-state index in [4.69, 9.17) is 9.47 Å². The first-order valence-electron chi connectivity index (χ1n) is 8.04. The van der Waals surface area contributed by atoms with Gasteiger partial charge >= 0.3 is 0 Å². The highest BCUT2D eigenvalue weighted by atomic mass is 32.2. The van der Waals surface area contributed by atoms with Gasteiger partial charge in [0.1, 0.15) is 18.1 Å². The molecule has 0 aromatic heterocycles. The predicted molar refractivity (Wildman–Crippen MR) is 104 cm³/mol. The van der Waals surface area contributed by atoms with Gasteiger partial charge in [0.15, 0.2) is 5.17 Å².